The van der Waals surface area contributed by atoms with E-state index in [0.29, 0.717) is 19.5 Å². The van der Waals surface area contributed by atoms with Crippen molar-refractivity contribution in [2.45, 2.75) is 12.6 Å². The van der Waals surface area contributed by atoms with Crippen LogP contribution in [-0.4, -0.2) is 35.6 Å². The quantitative estimate of drug-likeness (QED) is 0.583. The van der Waals surface area contributed by atoms with E-state index in [1.807, 2.05) is 5.43 Å². The van der Waals surface area contributed by atoms with E-state index in [9.17, 15) is 18.0 Å². The Labute approximate surface area is 119 Å². The van der Waals surface area contributed by atoms with Gasteiger partial charge in [-0.15, -0.1) is 0 Å². The molecule has 5 nitrogen and oxygen atoms in total. The molecule has 0 radical (unpaired) electrons. The topological polar surface area (TPSA) is 78.6 Å². The third kappa shape index (κ3) is 3.11. The fraction of sp³-hybridized carbons (Fsp3) is 0.462. The van der Waals surface area contributed by atoms with E-state index in [2.05, 4.69) is 0 Å². The Morgan fingerprint density at radius 1 is 1.48 bits per heavy atom. The lowest BCUT2D eigenvalue weighted by Gasteiger charge is -2.20. The number of carbonyl (C=O) groups excluding carboxylic acids is 1. The molecule has 1 aliphatic heterocycles. The maximum Gasteiger partial charge on any atom is 0.418 e. The first kappa shape index (κ1) is 15.6. The third-order valence-electron chi connectivity index (χ3n) is 3.58. The summed E-state index contributed by atoms with van der Waals surface area (Å²) in [5.41, 5.74) is 0.458. The highest BCUT2D eigenvalue weighted by molar-refractivity contribution is 6.00. The molecule has 1 unspecified atom stereocenters. The summed E-state index contributed by atoms with van der Waals surface area (Å²) >= 11 is 0. The number of carbonyl (C=O) groups is 1. The molecule has 1 aliphatic rings. The summed E-state index contributed by atoms with van der Waals surface area (Å²) in [4.78, 5) is 13.8. The normalized spacial score (nSPS) is 18.9. The van der Waals surface area contributed by atoms with Gasteiger partial charge in [-0.2, -0.15) is 13.2 Å². The summed E-state index contributed by atoms with van der Waals surface area (Å²) in [5.74, 6) is 4.62. The molecular weight excluding hydrogens is 287 g/mol. The predicted molar refractivity (Wildman–Crippen MR) is 70.4 cm³/mol. The molecule has 1 aromatic rings. The number of amides is 1. The molecule has 1 atom stereocenters. The fourth-order valence-electron chi connectivity index (χ4n) is 2.46. The number of aliphatic hydroxyl groups is 1. The molecule has 8 heteroatoms. The Morgan fingerprint density at radius 3 is 2.71 bits per heavy atom. The van der Waals surface area contributed by atoms with Crippen LogP contribution in [0.15, 0.2) is 18.2 Å². The number of rotatable bonds is 3. The number of nitrogen functional groups attached to an aromatic ring is 1. The molecule has 1 heterocycles. The number of halogens is 3. The molecule has 0 saturated carbocycles. The summed E-state index contributed by atoms with van der Waals surface area (Å²) in [7, 11) is 0. The van der Waals surface area contributed by atoms with Gasteiger partial charge in [-0.1, -0.05) is 6.07 Å². The van der Waals surface area contributed by atoms with Crippen molar-refractivity contribution < 1.29 is 23.1 Å². The zero-order valence-corrected chi connectivity index (χ0v) is 11.2. The summed E-state index contributed by atoms with van der Waals surface area (Å²) in [6, 6.07) is 3.35. The second-order valence-corrected chi connectivity index (χ2v) is 4.96. The minimum Gasteiger partial charge on any atom is -0.396 e. The molecule has 1 aromatic carbocycles. The first-order valence-corrected chi connectivity index (χ1v) is 6.45. The maximum atomic E-state index is 12.9. The molecule has 2 rings (SSSR count). The average molecular weight is 303 g/mol. The number of alkyl halides is 3. The van der Waals surface area contributed by atoms with Gasteiger partial charge in [0.15, 0.2) is 0 Å². The van der Waals surface area contributed by atoms with Crippen molar-refractivity contribution in [3.63, 3.8) is 0 Å². The predicted octanol–water partition coefficient (Wildman–Crippen LogP) is 1.45. The molecule has 1 amide bonds. The van der Waals surface area contributed by atoms with Gasteiger partial charge in [-0.05, 0) is 18.6 Å². The van der Waals surface area contributed by atoms with Crippen molar-refractivity contribution in [2.75, 3.05) is 25.1 Å². The Morgan fingerprint density at radius 2 is 2.19 bits per heavy atom. The Balaban J connectivity index is 2.34. The van der Waals surface area contributed by atoms with Crippen molar-refractivity contribution in [3.05, 3.63) is 29.3 Å². The Kier molecular flexibility index (Phi) is 4.38. The minimum atomic E-state index is -4.60. The van der Waals surface area contributed by atoms with E-state index in [0.717, 1.165) is 6.07 Å². The molecule has 0 bridgehead atoms. The van der Waals surface area contributed by atoms with Crippen LogP contribution in [0.5, 0.6) is 0 Å². The minimum absolute atomic E-state index is 0.0333. The smallest absolute Gasteiger partial charge is 0.396 e. The number of para-hydroxylation sites is 1. The van der Waals surface area contributed by atoms with Crippen LogP contribution in [0.3, 0.4) is 0 Å². The second kappa shape index (κ2) is 5.90. The number of hydrazine groups is 1. The van der Waals surface area contributed by atoms with E-state index in [1.54, 1.807) is 0 Å². The van der Waals surface area contributed by atoms with E-state index in [1.165, 1.54) is 17.0 Å². The van der Waals surface area contributed by atoms with E-state index < -0.39 is 23.3 Å². The SMILES string of the molecule is NNc1c(C(=O)N2CCC(CO)C2)cccc1C(F)(F)F. The van der Waals surface area contributed by atoms with Crippen LogP contribution in [0.2, 0.25) is 0 Å². The van der Waals surface area contributed by atoms with Gasteiger partial charge in [0.2, 0.25) is 0 Å². The van der Waals surface area contributed by atoms with Gasteiger partial charge < -0.3 is 15.4 Å². The molecule has 0 aliphatic carbocycles. The second-order valence-electron chi connectivity index (χ2n) is 4.96. The standard InChI is InChI=1S/C13H16F3N3O2/c14-13(15,16)10-3-1-2-9(11(10)18-17)12(21)19-5-4-8(6-19)7-20/h1-3,8,18,20H,4-7,17H2. The van der Waals surface area contributed by atoms with Crippen LogP contribution < -0.4 is 11.3 Å². The molecule has 0 aromatic heterocycles. The van der Waals surface area contributed by atoms with Gasteiger partial charge in [0.05, 0.1) is 16.8 Å². The van der Waals surface area contributed by atoms with Gasteiger partial charge in [-0.25, -0.2) is 0 Å². The first-order valence-electron chi connectivity index (χ1n) is 6.45. The van der Waals surface area contributed by atoms with Crippen LogP contribution in [0.25, 0.3) is 0 Å². The highest BCUT2D eigenvalue weighted by Gasteiger charge is 2.36. The number of hydrogen-bond donors (Lipinski definition) is 3. The Hall–Kier alpha value is -1.80. The number of benzene rings is 1. The summed E-state index contributed by atoms with van der Waals surface area (Å²) < 4.78 is 38.8. The molecular formula is C13H16F3N3O2. The largest absolute Gasteiger partial charge is 0.418 e. The van der Waals surface area contributed by atoms with E-state index in [4.69, 9.17) is 10.9 Å². The van der Waals surface area contributed by atoms with Crippen molar-refractivity contribution in [1.29, 1.82) is 0 Å². The number of likely N-dealkylation sites (tertiary alicyclic amines) is 1. The van der Waals surface area contributed by atoms with Crippen LogP contribution in [0, 0.1) is 5.92 Å². The van der Waals surface area contributed by atoms with Crippen molar-refractivity contribution in [2.24, 2.45) is 11.8 Å². The van der Waals surface area contributed by atoms with Crippen molar-refractivity contribution in [3.8, 4) is 0 Å². The highest BCUT2D eigenvalue weighted by atomic mass is 19.4. The maximum absolute atomic E-state index is 12.9. The molecule has 4 N–H and O–H groups in total. The molecule has 21 heavy (non-hydrogen) atoms. The van der Waals surface area contributed by atoms with Gasteiger partial charge in [0.25, 0.3) is 5.91 Å². The monoisotopic (exact) mass is 303 g/mol. The molecule has 116 valence electrons. The summed E-state index contributed by atoms with van der Waals surface area (Å²) in [6.07, 6.45) is -3.97. The van der Waals surface area contributed by atoms with Gasteiger partial charge in [0.1, 0.15) is 0 Å². The molecule has 0 spiro atoms. The number of nitrogens with two attached hydrogens (primary N) is 1. The lowest BCUT2D eigenvalue weighted by molar-refractivity contribution is -0.137. The summed E-state index contributed by atoms with van der Waals surface area (Å²) in [5, 5.41) is 9.07. The Bertz CT molecular complexity index is 534. The van der Waals surface area contributed by atoms with E-state index in [-0.39, 0.29) is 18.1 Å². The van der Waals surface area contributed by atoms with Crippen molar-refractivity contribution in [1.82, 2.24) is 4.90 Å². The fourth-order valence-corrected chi connectivity index (χ4v) is 2.46. The number of nitrogens with one attached hydrogen (secondary N) is 1. The van der Waals surface area contributed by atoms with Crippen LogP contribution >= 0.6 is 0 Å². The van der Waals surface area contributed by atoms with Gasteiger partial charge >= 0.3 is 6.18 Å². The number of aliphatic hydroxyl groups excluding tert-OH is 1. The number of nitrogens with zero attached hydrogens (tertiary/aromatic N) is 1. The van der Waals surface area contributed by atoms with Crippen molar-refractivity contribution >= 4 is 11.6 Å². The average Bonchev–Trinajstić information content (AvgIpc) is 2.93. The lowest BCUT2D eigenvalue weighted by Crippen LogP contribution is -2.31. The zero-order valence-electron chi connectivity index (χ0n) is 11.2. The molecule has 1 fully saturated rings. The number of anilines is 1. The molecule has 1 saturated heterocycles. The number of hydrogen-bond acceptors (Lipinski definition) is 4. The van der Waals surface area contributed by atoms with Crippen LogP contribution in [0.1, 0.15) is 22.3 Å². The highest BCUT2D eigenvalue weighted by Crippen LogP contribution is 2.36. The van der Waals surface area contributed by atoms with Gasteiger partial charge in [0, 0.05) is 25.6 Å². The third-order valence-corrected chi connectivity index (χ3v) is 3.58. The summed E-state index contributed by atoms with van der Waals surface area (Å²) in [6.45, 7) is 0.689. The van der Waals surface area contributed by atoms with E-state index >= 15 is 0 Å². The van der Waals surface area contributed by atoms with Gasteiger partial charge in [-0.3, -0.25) is 10.6 Å². The zero-order chi connectivity index (χ0) is 15.6. The lowest BCUT2D eigenvalue weighted by atomic mass is 10.1. The van der Waals surface area contributed by atoms with Crippen LogP contribution in [0.4, 0.5) is 18.9 Å². The van der Waals surface area contributed by atoms with Crippen LogP contribution in [-0.2, 0) is 6.18 Å². The first-order chi connectivity index (χ1) is 9.88.